The number of halogens is 1. The summed E-state index contributed by atoms with van der Waals surface area (Å²) in [5.41, 5.74) is -0.0677. The maximum absolute atomic E-state index is 13.3. The van der Waals surface area contributed by atoms with Crippen molar-refractivity contribution in [3.63, 3.8) is 0 Å². The van der Waals surface area contributed by atoms with Crippen molar-refractivity contribution in [2.45, 2.75) is 44.6 Å². The van der Waals surface area contributed by atoms with Gasteiger partial charge in [0.25, 0.3) is 5.91 Å². The number of amides is 3. The first-order valence-electron chi connectivity index (χ1n) is 12.0. The largest absolute Gasteiger partial charge is 0.477 e. The first-order valence-corrected chi connectivity index (χ1v) is 12.4. The van der Waals surface area contributed by atoms with E-state index in [-0.39, 0.29) is 57.8 Å². The van der Waals surface area contributed by atoms with Crippen LogP contribution in [0, 0.1) is 5.92 Å². The number of carboxylic acid groups (broad SMARTS) is 1. The number of fused-ring (bicyclic) bond motifs is 1. The molecule has 12 heteroatoms. The third-order valence-electron chi connectivity index (χ3n) is 6.79. The Morgan fingerprint density at radius 1 is 1.08 bits per heavy atom. The Bertz CT molecular complexity index is 1380. The molecule has 5 rings (SSSR count). The lowest BCUT2D eigenvalue weighted by Gasteiger charge is -2.34. The normalized spacial score (nSPS) is 19.7. The number of nitrogens with zero attached hydrogens (tertiary/aromatic N) is 3. The summed E-state index contributed by atoms with van der Waals surface area (Å²) in [7, 11) is 0. The van der Waals surface area contributed by atoms with Crippen molar-refractivity contribution < 1.29 is 28.7 Å². The molecule has 0 bridgehead atoms. The highest BCUT2D eigenvalue weighted by Crippen LogP contribution is 2.34. The van der Waals surface area contributed by atoms with Crippen LogP contribution in [0.15, 0.2) is 34.9 Å². The fourth-order valence-electron chi connectivity index (χ4n) is 4.92. The van der Waals surface area contributed by atoms with Crippen LogP contribution < -0.4 is 10.6 Å². The highest BCUT2D eigenvalue weighted by atomic mass is 35.5. The van der Waals surface area contributed by atoms with E-state index in [1.165, 1.54) is 24.4 Å². The van der Waals surface area contributed by atoms with Crippen molar-refractivity contribution in [1.29, 1.82) is 0 Å². The third-order valence-corrected chi connectivity index (χ3v) is 7.02. The Hall–Kier alpha value is -3.99. The Labute approximate surface area is 216 Å². The van der Waals surface area contributed by atoms with Crippen LogP contribution in [-0.2, 0) is 9.59 Å². The van der Waals surface area contributed by atoms with E-state index < -0.39 is 11.9 Å². The van der Waals surface area contributed by atoms with Gasteiger partial charge in [-0.1, -0.05) is 11.6 Å². The molecule has 3 amide bonds. The lowest BCUT2D eigenvalue weighted by atomic mass is 9.84. The van der Waals surface area contributed by atoms with Crippen molar-refractivity contribution in [2.24, 2.45) is 5.92 Å². The molecule has 1 aliphatic carbocycles. The predicted molar refractivity (Wildman–Crippen MR) is 133 cm³/mol. The number of carboxylic acids is 1. The summed E-state index contributed by atoms with van der Waals surface area (Å²) in [6.45, 7) is 0.764. The number of furan rings is 1. The summed E-state index contributed by atoms with van der Waals surface area (Å²) in [6, 6.07) is 5.84. The second kappa shape index (κ2) is 10.2. The predicted octanol–water partition coefficient (Wildman–Crippen LogP) is 3.95. The minimum atomic E-state index is -1.26. The standard InChI is InChI=1S/C25H24ClN5O6/c26-14-5-10-18(27-12-14)29-24(34)22-21(20-17(37-22)9-8-16(28-20)25(35)36)30-23(33)13-3-6-15(7-4-13)31-11-1-2-19(31)32/h5,8-10,12-13,15H,1-4,6-7,11H2,(H,30,33)(H,35,36)(H,27,29,34)/t13-,15-. The maximum atomic E-state index is 13.3. The summed E-state index contributed by atoms with van der Waals surface area (Å²) in [6.07, 6.45) is 5.41. The molecule has 1 aliphatic heterocycles. The number of likely N-dealkylation sites (tertiary alicyclic amines) is 1. The lowest BCUT2D eigenvalue weighted by molar-refractivity contribution is -0.130. The highest BCUT2D eigenvalue weighted by Gasteiger charge is 2.34. The van der Waals surface area contributed by atoms with E-state index in [1.54, 1.807) is 6.07 Å². The molecular formula is C25H24ClN5O6. The number of aromatic nitrogens is 2. The van der Waals surface area contributed by atoms with E-state index in [9.17, 15) is 24.3 Å². The number of aromatic carboxylic acids is 1. The molecule has 11 nitrogen and oxygen atoms in total. The topological polar surface area (TPSA) is 155 Å². The van der Waals surface area contributed by atoms with Gasteiger partial charge in [0, 0.05) is 31.1 Å². The van der Waals surface area contributed by atoms with Crippen LogP contribution in [0.1, 0.15) is 59.6 Å². The Balaban J connectivity index is 1.38. The molecular weight excluding hydrogens is 502 g/mol. The van der Waals surface area contributed by atoms with E-state index in [4.69, 9.17) is 16.0 Å². The van der Waals surface area contributed by atoms with Gasteiger partial charge in [-0.25, -0.2) is 14.8 Å². The maximum Gasteiger partial charge on any atom is 0.354 e. The van der Waals surface area contributed by atoms with E-state index >= 15 is 0 Å². The Morgan fingerprint density at radius 3 is 2.51 bits per heavy atom. The molecule has 2 fully saturated rings. The Morgan fingerprint density at radius 2 is 1.86 bits per heavy atom. The fourth-order valence-corrected chi connectivity index (χ4v) is 5.04. The molecule has 2 aliphatic rings. The van der Waals surface area contributed by atoms with E-state index in [2.05, 4.69) is 20.6 Å². The summed E-state index contributed by atoms with van der Waals surface area (Å²) >= 11 is 5.85. The number of carbonyl (C=O) groups is 4. The van der Waals surface area contributed by atoms with E-state index in [0.29, 0.717) is 37.1 Å². The fraction of sp³-hybridized carbons (Fsp3) is 0.360. The number of nitrogens with one attached hydrogen (secondary N) is 2. The van der Waals surface area contributed by atoms with Gasteiger partial charge in [-0.2, -0.15) is 0 Å². The molecule has 37 heavy (non-hydrogen) atoms. The number of anilines is 2. The summed E-state index contributed by atoms with van der Waals surface area (Å²) < 4.78 is 5.70. The number of hydrogen-bond donors (Lipinski definition) is 3. The number of rotatable bonds is 6. The van der Waals surface area contributed by atoms with Crippen molar-refractivity contribution in [2.75, 3.05) is 17.2 Å². The highest BCUT2D eigenvalue weighted by molar-refractivity contribution is 6.30. The molecule has 4 heterocycles. The van der Waals surface area contributed by atoms with Crippen LogP contribution in [0.4, 0.5) is 11.5 Å². The average Bonchev–Trinajstić information content (AvgIpc) is 3.48. The van der Waals surface area contributed by atoms with Crippen LogP contribution in [0.25, 0.3) is 11.1 Å². The van der Waals surface area contributed by atoms with Gasteiger partial charge in [0.1, 0.15) is 22.7 Å². The van der Waals surface area contributed by atoms with E-state index in [1.807, 2.05) is 4.90 Å². The number of carbonyl (C=O) groups excluding carboxylic acids is 3. The molecule has 1 saturated carbocycles. The van der Waals surface area contributed by atoms with Crippen molar-refractivity contribution in [3.05, 3.63) is 46.9 Å². The molecule has 0 spiro atoms. The Kier molecular flexibility index (Phi) is 6.79. The molecule has 3 N–H and O–H groups in total. The number of pyridine rings is 2. The van der Waals surface area contributed by atoms with Gasteiger partial charge in [-0.05, 0) is 56.4 Å². The van der Waals surface area contributed by atoms with Gasteiger partial charge in [-0.15, -0.1) is 0 Å². The molecule has 3 aromatic rings. The van der Waals surface area contributed by atoms with Crippen molar-refractivity contribution in [3.8, 4) is 0 Å². The lowest BCUT2D eigenvalue weighted by Crippen LogP contribution is -2.40. The molecule has 0 radical (unpaired) electrons. The minimum Gasteiger partial charge on any atom is -0.477 e. The summed E-state index contributed by atoms with van der Waals surface area (Å²) in [5, 5.41) is 15.1. The zero-order valence-corrected chi connectivity index (χ0v) is 20.5. The molecule has 0 aromatic carbocycles. The molecule has 0 atom stereocenters. The zero-order valence-electron chi connectivity index (χ0n) is 19.7. The first kappa shape index (κ1) is 24.7. The van der Waals surface area contributed by atoms with Gasteiger partial charge in [0.15, 0.2) is 5.58 Å². The zero-order chi connectivity index (χ0) is 26.1. The quantitative estimate of drug-likeness (QED) is 0.437. The monoisotopic (exact) mass is 525 g/mol. The third kappa shape index (κ3) is 5.12. The number of hydrogen-bond acceptors (Lipinski definition) is 7. The summed E-state index contributed by atoms with van der Waals surface area (Å²) in [4.78, 5) is 60.0. The van der Waals surface area contributed by atoms with Gasteiger partial charge in [0.05, 0.1) is 5.02 Å². The van der Waals surface area contributed by atoms with Crippen LogP contribution in [0.3, 0.4) is 0 Å². The van der Waals surface area contributed by atoms with Crippen LogP contribution in [0.2, 0.25) is 5.02 Å². The molecule has 192 valence electrons. The van der Waals surface area contributed by atoms with Gasteiger partial charge in [-0.3, -0.25) is 14.4 Å². The molecule has 1 saturated heterocycles. The van der Waals surface area contributed by atoms with Crippen molar-refractivity contribution in [1.82, 2.24) is 14.9 Å². The molecule has 3 aromatic heterocycles. The second-order valence-corrected chi connectivity index (χ2v) is 9.59. The van der Waals surface area contributed by atoms with Gasteiger partial charge in [0.2, 0.25) is 17.6 Å². The first-order chi connectivity index (χ1) is 17.8. The van der Waals surface area contributed by atoms with Crippen LogP contribution in [-0.4, -0.2) is 56.3 Å². The molecule has 0 unspecified atom stereocenters. The van der Waals surface area contributed by atoms with Crippen LogP contribution in [0.5, 0.6) is 0 Å². The second-order valence-electron chi connectivity index (χ2n) is 9.16. The smallest absolute Gasteiger partial charge is 0.354 e. The summed E-state index contributed by atoms with van der Waals surface area (Å²) in [5.74, 6) is -2.47. The van der Waals surface area contributed by atoms with E-state index in [0.717, 1.165) is 13.0 Å². The average molecular weight is 526 g/mol. The minimum absolute atomic E-state index is 0.00796. The van der Waals surface area contributed by atoms with Crippen LogP contribution >= 0.6 is 11.6 Å². The SMILES string of the molecule is O=C(O)c1ccc2oc(C(=O)Nc3ccc(Cl)cn3)c(NC(=O)[C@H]3CC[C@H](N4CCCC4=O)CC3)c2n1. The van der Waals surface area contributed by atoms with Crippen molar-refractivity contribution >= 4 is 57.9 Å². The van der Waals surface area contributed by atoms with Gasteiger partial charge < -0.3 is 25.1 Å². The van der Waals surface area contributed by atoms with Gasteiger partial charge >= 0.3 is 5.97 Å².